The van der Waals surface area contributed by atoms with Crippen molar-refractivity contribution >= 4 is 15.9 Å². The summed E-state index contributed by atoms with van der Waals surface area (Å²) in [7, 11) is 1.65. The van der Waals surface area contributed by atoms with Gasteiger partial charge in [0.15, 0.2) is 0 Å². The van der Waals surface area contributed by atoms with Crippen LogP contribution in [-0.2, 0) is 6.42 Å². The Labute approximate surface area is 110 Å². The molecule has 2 N–H and O–H groups in total. The van der Waals surface area contributed by atoms with Crippen LogP contribution >= 0.6 is 15.9 Å². The van der Waals surface area contributed by atoms with Gasteiger partial charge in [0.2, 0.25) is 0 Å². The molecular weight excluding hydrogens is 282 g/mol. The molecule has 0 aliphatic heterocycles. The van der Waals surface area contributed by atoms with Crippen LogP contribution in [-0.4, -0.2) is 19.3 Å². The lowest BCUT2D eigenvalue weighted by Gasteiger charge is -2.16. The van der Waals surface area contributed by atoms with E-state index in [1.54, 1.807) is 7.11 Å². The van der Waals surface area contributed by atoms with E-state index in [9.17, 15) is 0 Å². The third-order valence-corrected chi connectivity index (χ3v) is 3.69. The second-order valence-corrected chi connectivity index (χ2v) is 5.42. The number of methoxy groups -OCH3 is 1. The van der Waals surface area contributed by atoms with E-state index in [1.807, 2.05) is 13.0 Å². The van der Waals surface area contributed by atoms with Crippen LogP contribution in [0, 0.1) is 0 Å². The molecule has 0 spiro atoms. The van der Waals surface area contributed by atoms with E-state index >= 15 is 0 Å². The molecular formula is C13H18BrNO2. The van der Waals surface area contributed by atoms with E-state index in [4.69, 9.17) is 15.2 Å². The number of hydrogen-bond donors (Lipinski definition) is 1. The highest BCUT2D eigenvalue weighted by molar-refractivity contribution is 9.10. The van der Waals surface area contributed by atoms with Crippen LogP contribution in [0.1, 0.15) is 25.3 Å². The molecule has 0 amide bonds. The van der Waals surface area contributed by atoms with Gasteiger partial charge in [0.25, 0.3) is 0 Å². The highest BCUT2D eigenvalue weighted by Crippen LogP contribution is 2.40. The van der Waals surface area contributed by atoms with Crippen molar-refractivity contribution in [2.75, 3.05) is 13.7 Å². The average molecular weight is 300 g/mol. The second kappa shape index (κ2) is 4.86. The Morgan fingerprint density at radius 3 is 2.59 bits per heavy atom. The van der Waals surface area contributed by atoms with Gasteiger partial charge < -0.3 is 15.2 Å². The van der Waals surface area contributed by atoms with Crippen molar-refractivity contribution in [3.63, 3.8) is 0 Å². The predicted octanol–water partition coefficient (Wildman–Crippen LogP) is 2.89. The smallest absolute Gasteiger partial charge is 0.136 e. The summed E-state index contributed by atoms with van der Waals surface area (Å²) >= 11 is 3.50. The first-order valence-electron chi connectivity index (χ1n) is 5.86. The molecule has 1 aliphatic rings. The molecule has 1 aliphatic carbocycles. The van der Waals surface area contributed by atoms with Gasteiger partial charge in [-0.25, -0.2) is 0 Å². The fourth-order valence-electron chi connectivity index (χ4n) is 1.88. The Bertz CT molecular complexity index is 416. The number of nitrogens with two attached hydrogens (primary N) is 1. The largest absolute Gasteiger partial charge is 0.495 e. The van der Waals surface area contributed by atoms with E-state index in [-0.39, 0.29) is 5.54 Å². The molecule has 0 atom stereocenters. The van der Waals surface area contributed by atoms with Gasteiger partial charge in [0, 0.05) is 11.6 Å². The summed E-state index contributed by atoms with van der Waals surface area (Å²) in [5.74, 6) is 1.67. The maximum Gasteiger partial charge on any atom is 0.136 e. The molecule has 1 aromatic rings. The first-order valence-corrected chi connectivity index (χ1v) is 6.65. The maximum absolute atomic E-state index is 6.16. The van der Waals surface area contributed by atoms with E-state index in [0.29, 0.717) is 6.61 Å². The fourth-order valence-corrected chi connectivity index (χ4v) is 2.43. The van der Waals surface area contributed by atoms with Gasteiger partial charge in [-0.05, 0) is 53.7 Å². The Kier molecular flexibility index (Phi) is 3.64. The molecule has 94 valence electrons. The van der Waals surface area contributed by atoms with Crippen LogP contribution in [0.15, 0.2) is 16.6 Å². The number of halogens is 1. The average Bonchev–Trinajstić information content (AvgIpc) is 3.00. The van der Waals surface area contributed by atoms with Crippen LogP contribution in [0.25, 0.3) is 0 Å². The molecule has 17 heavy (non-hydrogen) atoms. The molecule has 0 aromatic heterocycles. The fraction of sp³-hybridized carbons (Fsp3) is 0.538. The Hall–Kier alpha value is -0.740. The molecule has 3 nitrogen and oxygen atoms in total. The lowest BCUT2D eigenvalue weighted by Crippen LogP contribution is -2.24. The maximum atomic E-state index is 6.16. The van der Waals surface area contributed by atoms with Crippen LogP contribution in [0.5, 0.6) is 11.5 Å². The van der Waals surface area contributed by atoms with Crippen molar-refractivity contribution in [3.8, 4) is 11.5 Å². The molecule has 1 fully saturated rings. The molecule has 4 heteroatoms. The predicted molar refractivity (Wildman–Crippen MR) is 71.7 cm³/mol. The summed E-state index contributed by atoms with van der Waals surface area (Å²) < 4.78 is 11.9. The summed E-state index contributed by atoms with van der Waals surface area (Å²) in [4.78, 5) is 0. The topological polar surface area (TPSA) is 44.5 Å². The lowest BCUT2D eigenvalue weighted by molar-refractivity contribution is 0.331. The van der Waals surface area contributed by atoms with Crippen LogP contribution in [0.4, 0.5) is 0 Å². The minimum absolute atomic E-state index is 0.0140. The molecule has 1 saturated carbocycles. The number of benzene rings is 1. The van der Waals surface area contributed by atoms with E-state index in [2.05, 4.69) is 22.0 Å². The summed E-state index contributed by atoms with van der Waals surface area (Å²) in [5, 5.41) is 0. The van der Waals surface area contributed by atoms with Crippen LogP contribution < -0.4 is 15.2 Å². The van der Waals surface area contributed by atoms with Gasteiger partial charge in [-0.3, -0.25) is 0 Å². The zero-order valence-electron chi connectivity index (χ0n) is 10.3. The van der Waals surface area contributed by atoms with Crippen molar-refractivity contribution in [1.82, 2.24) is 0 Å². The van der Waals surface area contributed by atoms with Gasteiger partial charge >= 0.3 is 0 Å². The zero-order chi connectivity index (χ0) is 12.5. The molecule has 0 radical (unpaired) electrons. The van der Waals surface area contributed by atoms with Crippen molar-refractivity contribution < 1.29 is 9.47 Å². The standard InChI is InChI=1S/C13H18BrNO2/c1-3-17-11-7-12(16-2)10(14)6-9(11)8-13(15)4-5-13/h6-7H,3-5,8,15H2,1-2H3. The molecule has 1 aromatic carbocycles. The molecule has 0 saturated heterocycles. The van der Waals surface area contributed by atoms with Gasteiger partial charge in [0.05, 0.1) is 18.2 Å². The van der Waals surface area contributed by atoms with Gasteiger partial charge in [-0.2, -0.15) is 0 Å². The highest BCUT2D eigenvalue weighted by atomic mass is 79.9. The SMILES string of the molecule is CCOc1cc(OC)c(Br)cc1CC1(N)CC1. The van der Waals surface area contributed by atoms with Gasteiger partial charge in [-0.15, -0.1) is 0 Å². The quantitative estimate of drug-likeness (QED) is 0.909. The van der Waals surface area contributed by atoms with Crippen molar-refractivity contribution in [2.45, 2.75) is 31.7 Å². The van der Waals surface area contributed by atoms with Crippen LogP contribution in [0.3, 0.4) is 0 Å². The van der Waals surface area contributed by atoms with Crippen molar-refractivity contribution in [1.29, 1.82) is 0 Å². The Balaban J connectivity index is 2.30. The lowest BCUT2D eigenvalue weighted by atomic mass is 10.0. The molecule has 2 rings (SSSR count). The third kappa shape index (κ3) is 2.93. The number of ether oxygens (including phenoxy) is 2. The van der Waals surface area contributed by atoms with Crippen molar-refractivity contribution in [2.24, 2.45) is 5.73 Å². The summed E-state index contributed by atoms with van der Waals surface area (Å²) in [5.41, 5.74) is 7.30. The summed E-state index contributed by atoms with van der Waals surface area (Å²) in [6.45, 7) is 2.63. The second-order valence-electron chi connectivity index (χ2n) is 4.57. The van der Waals surface area contributed by atoms with Gasteiger partial charge in [0.1, 0.15) is 11.5 Å². The summed E-state index contributed by atoms with van der Waals surface area (Å²) in [6.07, 6.45) is 3.06. The molecule has 0 bridgehead atoms. The minimum atomic E-state index is -0.0140. The van der Waals surface area contributed by atoms with Crippen LogP contribution in [0.2, 0.25) is 0 Å². The minimum Gasteiger partial charge on any atom is -0.495 e. The normalized spacial score (nSPS) is 16.7. The zero-order valence-corrected chi connectivity index (χ0v) is 11.8. The first kappa shape index (κ1) is 12.7. The third-order valence-electron chi connectivity index (χ3n) is 3.07. The highest BCUT2D eigenvalue weighted by Gasteiger charge is 2.38. The number of rotatable bonds is 5. The van der Waals surface area contributed by atoms with E-state index in [1.165, 1.54) is 0 Å². The molecule has 0 unspecified atom stereocenters. The Morgan fingerprint density at radius 2 is 2.06 bits per heavy atom. The van der Waals surface area contributed by atoms with E-state index < -0.39 is 0 Å². The van der Waals surface area contributed by atoms with Gasteiger partial charge in [-0.1, -0.05) is 0 Å². The Morgan fingerprint density at radius 1 is 1.35 bits per heavy atom. The number of hydrogen-bond acceptors (Lipinski definition) is 3. The van der Waals surface area contributed by atoms with Crippen molar-refractivity contribution in [3.05, 3.63) is 22.2 Å². The summed E-state index contributed by atoms with van der Waals surface area (Å²) in [6, 6.07) is 3.98. The monoisotopic (exact) mass is 299 g/mol. The van der Waals surface area contributed by atoms with E-state index in [0.717, 1.165) is 40.8 Å². The first-order chi connectivity index (χ1) is 8.08. The molecule has 0 heterocycles.